The summed E-state index contributed by atoms with van der Waals surface area (Å²) < 4.78 is 39.2. The minimum Gasteiger partial charge on any atom is -0.207 e. The number of hydrogen-bond acceptors (Lipinski definition) is 3. The van der Waals surface area contributed by atoms with E-state index in [2.05, 4.69) is 6.07 Å². The molecule has 0 amide bonds. The zero-order valence-corrected chi connectivity index (χ0v) is 10.5. The fourth-order valence-corrected chi connectivity index (χ4v) is 3.65. The Bertz CT molecular complexity index is 580. The van der Waals surface area contributed by atoms with Crippen molar-refractivity contribution >= 4 is 10.0 Å². The Hall–Kier alpha value is -1.45. The molecule has 1 heterocycles. The van der Waals surface area contributed by atoms with Gasteiger partial charge < -0.3 is 0 Å². The van der Waals surface area contributed by atoms with Gasteiger partial charge in [0.15, 0.2) is 0 Å². The summed E-state index contributed by atoms with van der Waals surface area (Å²) in [6.45, 7) is 0.488. The summed E-state index contributed by atoms with van der Waals surface area (Å²) in [4.78, 5) is -0.316. The highest BCUT2D eigenvalue weighted by molar-refractivity contribution is 7.89. The van der Waals surface area contributed by atoms with Crippen LogP contribution < -0.4 is 0 Å². The minimum absolute atomic E-state index is 0.146. The Morgan fingerprint density at radius 2 is 2.11 bits per heavy atom. The summed E-state index contributed by atoms with van der Waals surface area (Å²) in [7, 11) is -3.83. The first kappa shape index (κ1) is 13.0. The molecule has 0 radical (unpaired) electrons. The van der Waals surface area contributed by atoms with Gasteiger partial charge in [-0.2, -0.15) is 9.57 Å². The summed E-state index contributed by atoms with van der Waals surface area (Å²) >= 11 is 0. The molecule has 0 aliphatic carbocycles. The molecule has 0 bridgehead atoms. The summed E-state index contributed by atoms with van der Waals surface area (Å²) in [5.74, 6) is -1.06. The predicted octanol–water partition coefficient (Wildman–Crippen LogP) is 1.75. The fourth-order valence-electron chi connectivity index (χ4n) is 2.06. The van der Waals surface area contributed by atoms with Crippen LogP contribution in [-0.2, 0) is 10.0 Å². The number of rotatable bonds is 2. The maximum atomic E-state index is 13.5. The second kappa shape index (κ2) is 5.04. The van der Waals surface area contributed by atoms with Gasteiger partial charge in [0.1, 0.15) is 10.7 Å². The largest absolute Gasteiger partial charge is 0.246 e. The van der Waals surface area contributed by atoms with Crippen molar-refractivity contribution in [1.29, 1.82) is 5.26 Å². The van der Waals surface area contributed by atoms with Crippen LogP contribution in [0.15, 0.2) is 29.2 Å². The quantitative estimate of drug-likeness (QED) is 0.821. The van der Waals surface area contributed by atoms with Gasteiger partial charge in [-0.1, -0.05) is 12.1 Å². The Morgan fingerprint density at radius 1 is 1.39 bits per heavy atom. The first-order chi connectivity index (χ1) is 8.55. The van der Waals surface area contributed by atoms with Crippen molar-refractivity contribution in [3.05, 3.63) is 30.1 Å². The molecule has 96 valence electrons. The molecule has 4 nitrogen and oxygen atoms in total. The van der Waals surface area contributed by atoms with Crippen LogP contribution in [0.3, 0.4) is 0 Å². The molecule has 1 aliphatic rings. The number of sulfonamides is 1. The minimum atomic E-state index is -3.83. The number of halogens is 1. The maximum absolute atomic E-state index is 13.5. The lowest BCUT2D eigenvalue weighted by Crippen LogP contribution is -2.39. The second-order valence-corrected chi connectivity index (χ2v) is 6.17. The average Bonchev–Trinajstić information content (AvgIpc) is 2.39. The Morgan fingerprint density at radius 3 is 2.78 bits per heavy atom. The monoisotopic (exact) mass is 268 g/mol. The highest BCUT2D eigenvalue weighted by Crippen LogP contribution is 2.24. The van der Waals surface area contributed by atoms with Gasteiger partial charge in [-0.3, -0.25) is 0 Å². The van der Waals surface area contributed by atoms with Gasteiger partial charge in [-0.15, -0.1) is 0 Å². The third-order valence-electron chi connectivity index (χ3n) is 3.02. The summed E-state index contributed by atoms with van der Waals surface area (Å²) in [6.07, 6.45) is 1.33. The van der Waals surface area contributed by atoms with Crippen LogP contribution in [0.5, 0.6) is 0 Å². The van der Waals surface area contributed by atoms with Crippen LogP contribution in [0, 0.1) is 23.1 Å². The van der Waals surface area contributed by atoms with Crippen molar-refractivity contribution in [2.75, 3.05) is 13.1 Å². The van der Waals surface area contributed by atoms with Gasteiger partial charge >= 0.3 is 0 Å². The highest BCUT2D eigenvalue weighted by atomic mass is 32.2. The van der Waals surface area contributed by atoms with Crippen LogP contribution in [0.25, 0.3) is 0 Å². The standard InChI is InChI=1S/C12H13FN2O2S/c13-11-5-1-2-6-12(11)18(16,17)15-7-3-4-10(8-14)9-15/h1-2,5-6,10H,3-4,7,9H2. The van der Waals surface area contributed by atoms with Crippen molar-refractivity contribution in [3.63, 3.8) is 0 Å². The molecule has 1 aliphatic heterocycles. The molecule has 1 unspecified atom stereocenters. The lowest BCUT2D eigenvalue weighted by molar-refractivity contribution is 0.304. The Balaban J connectivity index is 2.32. The molecule has 1 fully saturated rings. The van der Waals surface area contributed by atoms with E-state index in [0.717, 1.165) is 6.07 Å². The number of benzene rings is 1. The van der Waals surface area contributed by atoms with E-state index < -0.39 is 15.8 Å². The molecule has 6 heteroatoms. The molecule has 0 N–H and O–H groups in total. The third kappa shape index (κ3) is 2.37. The first-order valence-corrected chi connectivity index (χ1v) is 7.14. The van der Waals surface area contributed by atoms with E-state index >= 15 is 0 Å². The van der Waals surface area contributed by atoms with Crippen molar-refractivity contribution in [3.8, 4) is 6.07 Å². The number of nitriles is 1. The van der Waals surface area contributed by atoms with Gasteiger partial charge in [0, 0.05) is 13.1 Å². The van der Waals surface area contributed by atoms with Crippen LogP contribution in [-0.4, -0.2) is 25.8 Å². The van der Waals surface area contributed by atoms with E-state index in [4.69, 9.17) is 5.26 Å². The molecule has 1 aromatic carbocycles. The summed E-state index contributed by atoms with van der Waals surface area (Å²) in [5.41, 5.74) is 0. The molecular formula is C12H13FN2O2S. The molecule has 2 rings (SSSR count). The van der Waals surface area contributed by atoms with Gasteiger partial charge in [-0.05, 0) is 25.0 Å². The average molecular weight is 268 g/mol. The number of hydrogen-bond donors (Lipinski definition) is 0. The molecular weight excluding hydrogens is 255 g/mol. The predicted molar refractivity (Wildman–Crippen MR) is 63.5 cm³/mol. The van der Waals surface area contributed by atoms with E-state index in [9.17, 15) is 12.8 Å². The normalized spacial score (nSPS) is 21.4. The second-order valence-electron chi connectivity index (χ2n) is 4.26. The van der Waals surface area contributed by atoms with Crippen molar-refractivity contribution < 1.29 is 12.8 Å². The van der Waals surface area contributed by atoms with E-state index in [-0.39, 0.29) is 17.4 Å². The molecule has 18 heavy (non-hydrogen) atoms. The van der Waals surface area contributed by atoms with Crippen molar-refractivity contribution in [1.82, 2.24) is 4.31 Å². The first-order valence-electron chi connectivity index (χ1n) is 5.70. The van der Waals surface area contributed by atoms with Gasteiger partial charge in [-0.25, -0.2) is 12.8 Å². The summed E-state index contributed by atoms with van der Waals surface area (Å²) in [6, 6.07) is 7.38. The van der Waals surface area contributed by atoms with Gasteiger partial charge in [0.2, 0.25) is 10.0 Å². The zero-order chi connectivity index (χ0) is 13.2. The highest BCUT2D eigenvalue weighted by Gasteiger charge is 2.31. The molecule has 1 aromatic rings. The molecule has 0 spiro atoms. The smallest absolute Gasteiger partial charge is 0.207 e. The van der Waals surface area contributed by atoms with Crippen molar-refractivity contribution in [2.24, 2.45) is 5.92 Å². The SMILES string of the molecule is N#CC1CCCN(S(=O)(=O)c2ccccc2F)C1. The van der Waals surface area contributed by atoms with Crippen LogP contribution in [0.2, 0.25) is 0 Å². The molecule has 1 atom stereocenters. The van der Waals surface area contributed by atoms with Crippen LogP contribution in [0.1, 0.15) is 12.8 Å². The molecule has 0 saturated carbocycles. The van der Waals surface area contributed by atoms with Gasteiger partial charge in [0.25, 0.3) is 0 Å². The number of piperidine rings is 1. The zero-order valence-electron chi connectivity index (χ0n) is 9.71. The lowest BCUT2D eigenvalue weighted by Gasteiger charge is -2.28. The van der Waals surface area contributed by atoms with Gasteiger partial charge in [0.05, 0.1) is 12.0 Å². The number of nitrogens with zero attached hydrogens (tertiary/aromatic N) is 2. The van der Waals surface area contributed by atoms with E-state index in [1.54, 1.807) is 0 Å². The van der Waals surface area contributed by atoms with Crippen LogP contribution >= 0.6 is 0 Å². The maximum Gasteiger partial charge on any atom is 0.246 e. The van der Waals surface area contributed by atoms with E-state index in [1.807, 2.05) is 0 Å². The Labute approximate surface area is 106 Å². The topological polar surface area (TPSA) is 61.2 Å². The molecule has 1 saturated heterocycles. The Kier molecular flexibility index (Phi) is 3.64. The van der Waals surface area contributed by atoms with Crippen LogP contribution in [0.4, 0.5) is 4.39 Å². The fraction of sp³-hybridized carbons (Fsp3) is 0.417. The molecule has 0 aromatic heterocycles. The summed E-state index contributed by atoms with van der Waals surface area (Å²) in [5, 5.41) is 8.85. The van der Waals surface area contributed by atoms with Crippen molar-refractivity contribution in [2.45, 2.75) is 17.7 Å². The third-order valence-corrected chi connectivity index (χ3v) is 4.92. The lowest BCUT2D eigenvalue weighted by atomic mass is 10.0. The van der Waals surface area contributed by atoms with E-state index in [1.165, 1.54) is 22.5 Å². The van der Waals surface area contributed by atoms with E-state index in [0.29, 0.717) is 19.4 Å².